The van der Waals surface area contributed by atoms with Crippen LogP contribution in [0.25, 0.3) is 6.08 Å². The molecule has 1 nitrogen and oxygen atoms in total. The molecule has 0 aromatic heterocycles. The summed E-state index contributed by atoms with van der Waals surface area (Å²) >= 11 is 0. The normalized spacial score (nSPS) is 18.6. The largest absolute Gasteiger partial charge is 0.404 e. The topological polar surface area (TPSA) is 26.0 Å². The summed E-state index contributed by atoms with van der Waals surface area (Å²) in [6.07, 6.45) is 27.0. The summed E-state index contributed by atoms with van der Waals surface area (Å²) in [6, 6.07) is 9.05. The maximum atomic E-state index is 5.57. The monoisotopic (exact) mass is 399 g/mol. The minimum Gasteiger partial charge on any atom is -0.404 e. The molecule has 0 radical (unpaired) electrons. The zero-order valence-electron chi connectivity index (χ0n) is 18.9. The third-order valence-corrected chi connectivity index (χ3v) is 5.97. The Balaban J connectivity index is 2.45. The molecular formula is C29H37N. The summed E-state index contributed by atoms with van der Waals surface area (Å²) < 4.78 is 0. The lowest BCUT2D eigenvalue weighted by atomic mass is 9.64. The fourth-order valence-electron chi connectivity index (χ4n) is 4.22. The van der Waals surface area contributed by atoms with E-state index in [0.29, 0.717) is 0 Å². The second-order valence-electron chi connectivity index (χ2n) is 7.99. The van der Waals surface area contributed by atoms with Crippen molar-refractivity contribution >= 4 is 6.08 Å². The summed E-state index contributed by atoms with van der Waals surface area (Å²) in [5, 5.41) is 0. The van der Waals surface area contributed by atoms with Crippen molar-refractivity contribution in [1.29, 1.82) is 0 Å². The first kappa shape index (κ1) is 23.5. The minimum atomic E-state index is 0.0487. The third-order valence-electron chi connectivity index (χ3n) is 5.97. The fraction of sp³-hybridized carbons (Fsp3) is 0.310. The van der Waals surface area contributed by atoms with Gasteiger partial charge in [0.25, 0.3) is 0 Å². The first-order valence-corrected chi connectivity index (χ1v) is 11.1. The smallest absolute Gasteiger partial charge is 0.0202 e. The minimum absolute atomic E-state index is 0.0487. The van der Waals surface area contributed by atoms with Crippen LogP contribution in [0.3, 0.4) is 0 Å². The van der Waals surface area contributed by atoms with Gasteiger partial charge in [0.15, 0.2) is 0 Å². The van der Waals surface area contributed by atoms with Gasteiger partial charge in [0, 0.05) is 5.41 Å². The summed E-state index contributed by atoms with van der Waals surface area (Å²) in [5.74, 6) is 0. The molecule has 0 aliphatic heterocycles. The van der Waals surface area contributed by atoms with E-state index in [1.807, 2.05) is 13.0 Å². The summed E-state index contributed by atoms with van der Waals surface area (Å²) in [7, 11) is 0. The molecular weight excluding hydrogens is 362 g/mol. The molecule has 1 saturated carbocycles. The molecule has 1 aromatic rings. The molecule has 0 unspecified atom stereocenters. The van der Waals surface area contributed by atoms with Crippen LogP contribution in [0.5, 0.6) is 0 Å². The van der Waals surface area contributed by atoms with E-state index < -0.39 is 0 Å². The van der Waals surface area contributed by atoms with Gasteiger partial charge in [-0.15, -0.1) is 0 Å². The lowest BCUT2D eigenvalue weighted by molar-refractivity contribution is 0.345. The summed E-state index contributed by atoms with van der Waals surface area (Å²) in [5.41, 5.74) is 11.9. The van der Waals surface area contributed by atoms with Crippen LogP contribution in [0.15, 0.2) is 102 Å². The van der Waals surface area contributed by atoms with Gasteiger partial charge >= 0.3 is 0 Å². The fourth-order valence-corrected chi connectivity index (χ4v) is 4.22. The molecule has 1 heteroatoms. The van der Waals surface area contributed by atoms with Crippen LogP contribution >= 0.6 is 0 Å². The maximum Gasteiger partial charge on any atom is 0.0202 e. The van der Waals surface area contributed by atoms with Gasteiger partial charge in [0.2, 0.25) is 0 Å². The highest BCUT2D eigenvalue weighted by molar-refractivity contribution is 5.55. The third kappa shape index (κ3) is 6.10. The number of nitrogens with two attached hydrogens (primary N) is 1. The zero-order valence-corrected chi connectivity index (χ0v) is 18.9. The Morgan fingerprint density at radius 1 is 0.967 bits per heavy atom. The van der Waals surface area contributed by atoms with Crippen LogP contribution in [-0.4, -0.2) is 0 Å². The number of hydrogen-bond acceptors (Lipinski definition) is 1. The van der Waals surface area contributed by atoms with Gasteiger partial charge in [-0.1, -0.05) is 105 Å². The van der Waals surface area contributed by atoms with Gasteiger partial charge in [-0.05, 0) is 67.7 Å². The first-order chi connectivity index (χ1) is 14.6. The van der Waals surface area contributed by atoms with Crippen molar-refractivity contribution in [2.24, 2.45) is 5.73 Å². The van der Waals surface area contributed by atoms with Crippen LogP contribution in [0.4, 0.5) is 0 Å². The highest BCUT2D eigenvalue weighted by atomic mass is 14.5. The summed E-state index contributed by atoms with van der Waals surface area (Å²) in [4.78, 5) is 0. The molecule has 1 aromatic carbocycles. The van der Waals surface area contributed by atoms with E-state index in [1.54, 1.807) is 6.20 Å². The van der Waals surface area contributed by atoms with Gasteiger partial charge in [-0.25, -0.2) is 0 Å². The van der Waals surface area contributed by atoms with Crippen LogP contribution in [0.2, 0.25) is 0 Å². The molecule has 1 aliphatic rings. The van der Waals surface area contributed by atoms with E-state index in [-0.39, 0.29) is 5.41 Å². The van der Waals surface area contributed by atoms with Crippen molar-refractivity contribution in [1.82, 2.24) is 0 Å². The van der Waals surface area contributed by atoms with Crippen molar-refractivity contribution in [2.45, 2.75) is 58.3 Å². The summed E-state index contributed by atoms with van der Waals surface area (Å²) in [6.45, 7) is 10.2. The number of benzene rings is 1. The van der Waals surface area contributed by atoms with Crippen molar-refractivity contribution in [3.8, 4) is 0 Å². The van der Waals surface area contributed by atoms with Crippen LogP contribution in [-0.2, 0) is 5.41 Å². The van der Waals surface area contributed by atoms with Crippen molar-refractivity contribution in [3.05, 3.63) is 113 Å². The Morgan fingerprint density at radius 2 is 1.67 bits per heavy atom. The Kier molecular flexibility index (Phi) is 9.41. The lowest BCUT2D eigenvalue weighted by Crippen LogP contribution is -2.31. The molecule has 1 fully saturated rings. The van der Waals surface area contributed by atoms with E-state index in [4.69, 9.17) is 5.73 Å². The Bertz CT molecular complexity index is 863. The molecule has 0 atom stereocenters. The quantitative estimate of drug-likeness (QED) is 0.441. The average Bonchev–Trinajstić information content (AvgIpc) is 2.80. The molecule has 2 rings (SSSR count). The Morgan fingerprint density at radius 3 is 2.23 bits per heavy atom. The molecule has 0 heterocycles. The average molecular weight is 400 g/mol. The van der Waals surface area contributed by atoms with Gasteiger partial charge in [0.1, 0.15) is 0 Å². The number of hydrogen-bond donors (Lipinski definition) is 1. The van der Waals surface area contributed by atoms with Crippen molar-refractivity contribution in [2.75, 3.05) is 0 Å². The van der Waals surface area contributed by atoms with E-state index in [9.17, 15) is 0 Å². The standard InChI is InChI=1S/C29H37N/c1-5-11-25(7-3)15-18-27(12-6-2)29(21-9-8-10-22-29)28-19-16-26(17-20-28)14-13-24(4)23-30/h5-7,11-20,23H,2,8-10,21-22,30H2,1,3-4H3/b11-5-,14-13-,18-15-,24-23-,25-7+,27-12+. The molecule has 1 aliphatic carbocycles. The van der Waals surface area contributed by atoms with E-state index in [0.717, 1.165) is 5.57 Å². The predicted octanol–water partition coefficient (Wildman–Crippen LogP) is 7.96. The van der Waals surface area contributed by atoms with E-state index in [2.05, 4.69) is 93.3 Å². The first-order valence-electron chi connectivity index (χ1n) is 11.1. The van der Waals surface area contributed by atoms with Gasteiger partial charge in [-0.2, -0.15) is 0 Å². The van der Waals surface area contributed by atoms with Crippen LogP contribution in [0, 0.1) is 0 Å². The highest BCUT2D eigenvalue weighted by Gasteiger charge is 2.36. The second kappa shape index (κ2) is 12.0. The zero-order chi connectivity index (χ0) is 21.8. The number of rotatable bonds is 8. The molecule has 0 bridgehead atoms. The predicted molar refractivity (Wildman–Crippen MR) is 134 cm³/mol. The van der Waals surface area contributed by atoms with Crippen molar-refractivity contribution in [3.63, 3.8) is 0 Å². The lowest BCUT2D eigenvalue weighted by Gasteiger charge is -2.39. The van der Waals surface area contributed by atoms with Gasteiger partial charge in [0.05, 0.1) is 0 Å². The molecule has 158 valence electrons. The molecule has 2 N–H and O–H groups in total. The van der Waals surface area contributed by atoms with Crippen LogP contribution < -0.4 is 5.73 Å². The van der Waals surface area contributed by atoms with Gasteiger partial charge < -0.3 is 5.73 Å². The van der Waals surface area contributed by atoms with Crippen LogP contribution in [0.1, 0.15) is 64.0 Å². The molecule has 30 heavy (non-hydrogen) atoms. The molecule has 0 spiro atoms. The van der Waals surface area contributed by atoms with Crippen molar-refractivity contribution < 1.29 is 0 Å². The molecule has 0 saturated heterocycles. The maximum absolute atomic E-state index is 5.57. The number of allylic oxidation sites excluding steroid dienone is 11. The van der Waals surface area contributed by atoms with Gasteiger partial charge in [-0.3, -0.25) is 0 Å². The van der Waals surface area contributed by atoms with E-state index in [1.165, 1.54) is 54.4 Å². The Labute approximate surface area is 183 Å². The Hall–Kier alpha value is -2.80. The highest BCUT2D eigenvalue weighted by Crippen LogP contribution is 2.46. The molecule has 0 amide bonds. The second-order valence-corrected chi connectivity index (χ2v) is 7.99. The van der Waals surface area contributed by atoms with E-state index >= 15 is 0 Å². The SMILES string of the molecule is C=C\C=C(/C=C\C(\C=C/C)=C\C)C1(c2ccc(/C=C\C(C)=C/N)cc2)CCCCC1.